The Morgan fingerprint density at radius 1 is 0.552 bits per heavy atom. The second kappa shape index (κ2) is 24.2. The number of aliphatic hydroxyl groups is 1. The summed E-state index contributed by atoms with van der Waals surface area (Å²) in [6.45, 7) is 16.0. The topological polar surface area (TPSA) is 253 Å². The molecule has 2 aromatic rings. The Bertz CT molecular complexity index is 2000. The number of benzene rings is 2. The second-order valence-corrected chi connectivity index (χ2v) is 18.1. The maximum absolute atomic E-state index is 12.3. The number of hydrogen-bond acceptors (Lipinski definition) is 16. The van der Waals surface area contributed by atoms with Gasteiger partial charge in [0, 0.05) is 41.4 Å². The molecule has 4 aliphatic heterocycles. The van der Waals surface area contributed by atoms with E-state index in [1.165, 1.54) is 13.8 Å². The molecule has 0 bridgehead atoms. The summed E-state index contributed by atoms with van der Waals surface area (Å²) in [7, 11) is 0. The minimum absolute atomic E-state index is 0.0393. The summed E-state index contributed by atoms with van der Waals surface area (Å²) in [5, 5.41) is 18.7. The lowest BCUT2D eigenvalue weighted by Crippen LogP contribution is -2.63. The zero-order valence-electron chi connectivity index (χ0n) is 39.6. The van der Waals surface area contributed by atoms with Gasteiger partial charge in [-0.1, -0.05) is 106 Å². The third-order valence-electron chi connectivity index (χ3n) is 13.4. The quantitative estimate of drug-likeness (QED) is 0.0690. The first-order valence-corrected chi connectivity index (χ1v) is 23.0. The van der Waals surface area contributed by atoms with Crippen molar-refractivity contribution in [2.45, 2.75) is 168 Å². The fourth-order valence-electron chi connectivity index (χ4n) is 9.43. The maximum atomic E-state index is 12.3. The molecule has 4 heterocycles. The van der Waals surface area contributed by atoms with Crippen molar-refractivity contribution in [2.24, 2.45) is 39.8 Å². The molecule has 0 aliphatic carbocycles. The van der Waals surface area contributed by atoms with Crippen molar-refractivity contribution in [3.05, 3.63) is 92.7 Å². The first-order valence-electron chi connectivity index (χ1n) is 23.0. The van der Waals surface area contributed by atoms with E-state index < -0.39 is 110 Å². The molecule has 2 aromatic carbocycles. The number of hydrogen-bond donors (Lipinski definition) is 1. The molecule has 0 amide bonds. The predicted molar refractivity (Wildman–Crippen MR) is 238 cm³/mol. The first kappa shape index (κ1) is 52.0. The molecule has 20 atom stereocenters. The van der Waals surface area contributed by atoms with Gasteiger partial charge in [-0.25, -0.2) is 0 Å². The van der Waals surface area contributed by atoms with Gasteiger partial charge in [0.15, 0.2) is 25.2 Å². The van der Waals surface area contributed by atoms with Crippen LogP contribution < -0.4 is 0 Å². The third kappa shape index (κ3) is 13.0. The molecule has 1 N–H and O–H groups in total. The van der Waals surface area contributed by atoms with Gasteiger partial charge < -0.3 is 57.2 Å². The Labute approximate surface area is 391 Å². The molecule has 0 radical (unpaired) electrons. The lowest BCUT2D eigenvalue weighted by Gasteiger charge is -2.51. The lowest BCUT2D eigenvalue weighted by molar-refractivity contribution is -0.360. The Hall–Kier alpha value is -4.40. The largest absolute Gasteiger partial charge is 0.463 e. The molecule has 368 valence electrons. The van der Waals surface area contributed by atoms with Gasteiger partial charge in [0.05, 0.1) is 61.9 Å². The fourth-order valence-corrected chi connectivity index (χ4v) is 9.43. The van der Waals surface area contributed by atoms with E-state index in [-0.39, 0.29) is 43.9 Å². The molecule has 67 heavy (non-hydrogen) atoms. The average molecular weight is 939 g/mol. The van der Waals surface area contributed by atoms with Crippen molar-refractivity contribution < 1.29 is 66.8 Å². The average Bonchev–Trinajstić information content (AvgIpc) is 3.30. The number of rotatable bonds is 18. The number of carbonyl (C=O) groups is 2. The van der Waals surface area contributed by atoms with Gasteiger partial charge in [0.2, 0.25) is 0 Å². The van der Waals surface area contributed by atoms with Crippen molar-refractivity contribution >= 4 is 11.9 Å². The molecular weight excluding hydrogens is 873 g/mol. The van der Waals surface area contributed by atoms with E-state index in [4.69, 9.17) is 52.1 Å². The summed E-state index contributed by atoms with van der Waals surface area (Å²) in [4.78, 5) is 30.2. The van der Waals surface area contributed by atoms with Crippen molar-refractivity contribution in [2.75, 3.05) is 13.2 Å². The number of nitrogens with zero attached hydrogens (tertiary/aromatic N) is 6. The van der Waals surface area contributed by atoms with E-state index >= 15 is 0 Å². The van der Waals surface area contributed by atoms with Crippen LogP contribution in [0.15, 0.2) is 70.9 Å². The molecule has 4 saturated heterocycles. The first-order chi connectivity index (χ1) is 32.1. The van der Waals surface area contributed by atoms with Crippen LogP contribution >= 0.6 is 0 Å². The van der Waals surface area contributed by atoms with Gasteiger partial charge in [-0.2, -0.15) is 0 Å². The Balaban J connectivity index is 1.26. The van der Waals surface area contributed by atoms with Crippen molar-refractivity contribution in [1.82, 2.24) is 0 Å². The third-order valence-corrected chi connectivity index (χ3v) is 13.4. The Morgan fingerprint density at radius 2 is 1.00 bits per heavy atom. The molecule has 9 unspecified atom stereocenters. The van der Waals surface area contributed by atoms with Crippen LogP contribution in [0.5, 0.6) is 0 Å². The number of ether oxygens (including phenoxy) is 11. The molecule has 4 aliphatic rings. The Morgan fingerprint density at radius 3 is 1.52 bits per heavy atom. The summed E-state index contributed by atoms with van der Waals surface area (Å²) in [6, 6.07) is 17.5. The summed E-state index contributed by atoms with van der Waals surface area (Å²) < 4.78 is 69.9. The number of aliphatic hydroxyl groups excluding tert-OH is 1. The molecule has 0 spiro atoms. The zero-order chi connectivity index (χ0) is 48.4. The number of carbonyl (C=O) groups excluding carboxylic acids is 2. The van der Waals surface area contributed by atoms with Crippen molar-refractivity contribution in [3.8, 4) is 0 Å². The van der Waals surface area contributed by atoms with Crippen molar-refractivity contribution in [3.63, 3.8) is 0 Å². The molecule has 6 rings (SSSR count). The minimum atomic E-state index is -1.48. The van der Waals surface area contributed by atoms with Gasteiger partial charge in [-0.3, -0.25) is 9.59 Å². The van der Waals surface area contributed by atoms with E-state index in [9.17, 15) is 25.8 Å². The highest BCUT2D eigenvalue weighted by Gasteiger charge is 2.54. The van der Waals surface area contributed by atoms with Crippen LogP contribution in [0.3, 0.4) is 0 Å². The molecule has 0 saturated carbocycles. The van der Waals surface area contributed by atoms with Crippen LogP contribution in [0, 0.1) is 29.6 Å². The maximum Gasteiger partial charge on any atom is 0.302 e. The predicted octanol–water partition coefficient (Wildman–Crippen LogP) is 6.91. The van der Waals surface area contributed by atoms with Crippen LogP contribution in [-0.4, -0.2) is 122 Å². The molecule has 20 nitrogen and oxygen atoms in total. The summed E-state index contributed by atoms with van der Waals surface area (Å²) >= 11 is 0. The highest BCUT2D eigenvalue weighted by atomic mass is 16.8. The van der Waals surface area contributed by atoms with E-state index in [0.29, 0.717) is 6.61 Å². The molecule has 20 heteroatoms. The highest BCUT2D eigenvalue weighted by molar-refractivity contribution is 5.66. The summed E-state index contributed by atoms with van der Waals surface area (Å²) in [5.41, 5.74) is 21.2. The molecule has 0 aromatic heterocycles. The summed E-state index contributed by atoms with van der Waals surface area (Å²) in [6.07, 6.45) is -10.8. The van der Waals surface area contributed by atoms with E-state index in [0.717, 1.165) is 11.1 Å². The highest BCUT2D eigenvalue weighted by Crippen LogP contribution is 2.41. The minimum Gasteiger partial charge on any atom is -0.463 e. The smallest absolute Gasteiger partial charge is 0.302 e. The van der Waals surface area contributed by atoms with E-state index in [2.05, 4.69) is 27.0 Å². The van der Waals surface area contributed by atoms with Crippen LogP contribution in [0.2, 0.25) is 0 Å². The normalized spacial score (nSPS) is 38.7. The number of esters is 2. The van der Waals surface area contributed by atoms with Crippen LogP contribution in [0.4, 0.5) is 0 Å². The summed E-state index contributed by atoms with van der Waals surface area (Å²) in [5.74, 6) is -3.04. The SMILES string of the molecule is CC(=O)OCC1OC(O)C(N=[N+]=[N-])[C@@H](C)[C@H]1O[C@@H]1OC(C)[C@H](O[C@@H]2OC(COC(C)=O)[C@H](O[C@@H]3OC(C)[C@H](C)[C@@H](OCc4ccccc4)C3C)[C@H](C)C2N=[N+]=[N-])[C@@H](OCc2ccccc2)C1C. The van der Waals surface area contributed by atoms with Crippen molar-refractivity contribution in [1.29, 1.82) is 0 Å². The van der Waals surface area contributed by atoms with E-state index in [1.807, 2.05) is 88.4 Å². The van der Waals surface area contributed by atoms with Gasteiger partial charge in [-0.15, -0.1) is 0 Å². The van der Waals surface area contributed by atoms with E-state index in [1.54, 1.807) is 13.8 Å². The van der Waals surface area contributed by atoms with Crippen LogP contribution in [0.25, 0.3) is 20.9 Å². The molecular formula is C47H66N6O14. The van der Waals surface area contributed by atoms with Gasteiger partial charge in [-0.05, 0) is 47.9 Å². The van der Waals surface area contributed by atoms with Crippen LogP contribution in [-0.2, 0) is 74.9 Å². The molecule has 4 fully saturated rings. The fraction of sp³-hybridized carbons (Fsp3) is 0.702. The van der Waals surface area contributed by atoms with Gasteiger partial charge in [0.25, 0.3) is 0 Å². The standard InChI is InChI=1S/C47H66N6O14/c1-24-29(6)61-45(27(4)39(24)59-20-33-16-12-10-13-17-33)66-41-26(3)38(51-53-49)47(64-36(41)23-58-32(9)55)67-43-30(7)62-46(28(5)42(43)60-21-34-18-14-11-15-19-34)65-40-25(2)37(50-52-48)44(56)63-35(40)22-57-31(8)54/h10-19,24-30,35-47,56H,20-23H2,1-9H3/t24-,25+,26+,27?,28?,29?,30?,35?,36?,37?,38?,39+,40+,41+,42-,43-,44?,45-,46-,47-/m0/s1. The van der Waals surface area contributed by atoms with Gasteiger partial charge in [0.1, 0.15) is 31.5 Å². The lowest BCUT2D eigenvalue weighted by atomic mass is 9.85. The van der Waals surface area contributed by atoms with Gasteiger partial charge >= 0.3 is 11.9 Å². The zero-order valence-corrected chi connectivity index (χ0v) is 39.6. The second-order valence-electron chi connectivity index (χ2n) is 18.1. The number of azide groups is 2. The Kier molecular flexibility index (Phi) is 18.8. The van der Waals surface area contributed by atoms with Crippen LogP contribution in [0.1, 0.15) is 73.4 Å². The monoisotopic (exact) mass is 938 g/mol.